The molecule has 1 aliphatic heterocycles. The van der Waals surface area contributed by atoms with Crippen LogP contribution in [0.3, 0.4) is 0 Å². The monoisotopic (exact) mass is 448 g/mol. The number of carbonyl (C=O) groups is 1. The Morgan fingerprint density at radius 1 is 1.09 bits per heavy atom. The van der Waals surface area contributed by atoms with Crippen LogP contribution in [0.2, 0.25) is 0 Å². The molecule has 0 radical (unpaired) electrons. The highest BCUT2D eigenvalue weighted by Gasteiger charge is 2.23. The molecule has 0 unspecified atom stereocenters. The molecule has 0 fully saturated rings. The average Bonchev–Trinajstić information content (AvgIpc) is 3.32. The third-order valence-corrected chi connectivity index (χ3v) is 6.49. The van der Waals surface area contributed by atoms with Crippen molar-refractivity contribution >= 4 is 22.4 Å². The zero-order valence-electron chi connectivity index (χ0n) is 17.2. The molecule has 1 aliphatic rings. The van der Waals surface area contributed by atoms with Crippen molar-refractivity contribution in [2.45, 2.75) is 19.4 Å². The van der Waals surface area contributed by atoms with E-state index in [0.717, 1.165) is 28.2 Å². The maximum absolute atomic E-state index is 13.3. The van der Waals surface area contributed by atoms with Gasteiger partial charge in [-0.1, -0.05) is 30.3 Å². The van der Waals surface area contributed by atoms with Gasteiger partial charge in [0.25, 0.3) is 0 Å². The molecule has 0 saturated carbocycles. The molecule has 7 nitrogen and oxygen atoms in total. The van der Waals surface area contributed by atoms with Gasteiger partial charge in [0, 0.05) is 30.8 Å². The Hall–Kier alpha value is -3.59. The Bertz CT molecular complexity index is 1230. The van der Waals surface area contributed by atoms with Gasteiger partial charge in [-0.3, -0.25) is 14.5 Å². The topological polar surface area (TPSA) is 89.9 Å². The number of nitrogens with two attached hydrogens (primary N) is 1. The largest absolute Gasteiger partial charge is 0.375 e. The summed E-state index contributed by atoms with van der Waals surface area (Å²) in [7, 11) is 0. The Labute approximate surface area is 188 Å². The van der Waals surface area contributed by atoms with Crippen molar-refractivity contribution in [2.24, 2.45) is 0 Å². The number of hydrogen-bond acceptors (Lipinski definition) is 6. The van der Waals surface area contributed by atoms with Gasteiger partial charge in [0.15, 0.2) is 5.13 Å². The first-order valence-electron chi connectivity index (χ1n) is 10.3. The van der Waals surface area contributed by atoms with Crippen LogP contribution < -0.4 is 5.73 Å². The van der Waals surface area contributed by atoms with Gasteiger partial charge in [-0.25, -0.2) is 9.37 Å². The number of anilines is 1. The number of hydrogen-bond donors (Lipinski definition) is 1. The number of benzene rings is 1. The van der Waals surface area contributed by atoms with Gasteiger partial charge in [0.2, 0.25) is 5.91 Å². The van der Waals surface area contributed by atoms with E-state index in [1.165, 1.54) is 23.6 Å². The van der Waals surface area contributed by atoms with Gasteiger partial charge in [0.1, 0.15) is 18.1 Å². The number of halogens is 1. The van der Waals surface area contributed by atoms with Crippen molar-refractivity contribution in [2.75, 3.05) is 18.8 Å². The fourth-order valence-corrected chi connectivity index (χ4v) is 4.76. The molecular weight excluding hydrogens is 427 g/mol. The second kappa shape index (κ2) is 8.51. The molecule has 5 rings (SSSR count). The zero-order valence-corrected chi connectivity index (χ0v) is 18.1. The number of nitrogens with zero attached hydrogens (tertiary/aromatic N) is 5. The van der Waals surface area contributed by atoms with E-state index in [9.17, 15) is 9.18 Å². The van der Waals surface area contributed by atoms with Crippen LogP contribution in [0.25, 0.3) is 22.6 Å². The highest BCUT2D eigenvalue weighted by atomic mass is 32.1. The minimum Gasteiger partial charge on any atom is -0.375 e. The van der Waals surface area contributed by atoms with E-state index in [0.29, 0.717) is 36.0 Å². The van der Waals surface area contributed by atoms with E-state index in [2.05, 4.69) is 15.1 Å². The smallest absolute Gasteiger partial charge is 0.244 e. The average molecular weight is 449 g/mol. The van der Waals surface area contributed by atoms with E-state index in [-0.39, 0.29) is 12.5 Å². The minimum atomic E-state index is -0.405. The van der Waals surface area contributed by atoms with E-state index in [4.69, 9.17) is 5.73 Å². The normalized spacial score (nSPS) is 13.6. The number of rotatable bonds is 4. The van der Waals surface area contributed by atoms with Crippen LogP contribution in [-0.2, 0) is 24.2 Å². The molecule has 4 aromatic rings. The molecule has 0 aliphatic carbocycles. The fourth-order valence-electron chi connectivity index (χ4n) is 3.89. The Balaban J connectivity index is 1.41. The number of carbonyl (C=O) groups excluding carboxylic acids is 1. The van der Waals surface area contributed by atoms with Gasteiger partial charge in [0.05, 0.1) is 23.3 Å². The summed E-state index contributed by atoms with van der Waals surface area (Å²) >= 11 is 1.50. The van der Waals surface area contributed by atoms with Gasteiger partial charge in [-0.05, 0) is 23.8 Å². The molecule has 3 aromatic heterocycles. The number of nitrogen functional groups attached to an aromatic ring is 1. The Kier molecular flexibility index (Phi) is 5.40. The number of amides is 1. The lowest BCUT2D eigenvalue weighted by atomic mass is 10.1. The van der Waals surface area contributed by atoms with E-state index < -0.39 is 5.82 Å². The quantitative estimate of drug-likeness (QED) is 0.517. The van der Waals surface area contributed by atoms with Crippen LogP contribution >= 0.6 is 11.3 Å². The predicted molar refractivity (Wildman–Crippen MR) is 121 cm³/mol. The summed E-state index contributed by atoms with van der Waals surface area (Å²) in [6, 6.07) is 14.6. The molecule has 2 N–H and O–H groups in total. The third-order valence-electron chi connectivity index (χ3n) is 5.50. The van der Waals surface area contributed by atoms with E-state index in [1.807, 2.05) is 41.3 Å². The summed E-state index contributed by atoms with van der Waals surface area (Å²) in [4.78, 5) is 24.7. The van der Waals surface area contributed by atoms with Gasteiger partial charge < -0.3 is 10.6 Å². The van der Waals surface area contributed by atoms with Crippen LogP contribution in [0, 0.1) is 5.82 Å². The Morgan fingerprint density at radius 3 is 2.69 bits per heavy atom. The summed E-state index contributed by atoms with van der Waals surface area (Å²) in [5.41, 5.74) is 9.72. The van der Waals surface area contributed by atoms with Crippen molar-refractivity contribution in [1.29, 1.82) is 0 Å². The van der Waals surface area contributed by atoms with Crippen molar-refractivity contribution in [3.05, 3.63) is 71.1 Å². The first-order chi connectivity index (χ1) is 15.6. The number of pyridine rings is 1. The summed E-state index contributed by atoms with van der Waals surface area (Å²) < 4.78 is 15.0. The first-order valence-corrected chi connectivity index (χ1v) is 11.2. The molecule has 0 saturated heterocycles. The molecule has 0 atom stereocenters. The molecule has 4 heterocycles. The minimum absolute atomic E-state index is 0.00739. The Morgan fingerprint density at radius 2 is 1.91 bits per heavy atom. The number of fused-ring (bicyclic) bond motifs is 1. The molecular formula is C23H21FN6OS. The second-order valence-electron chi connectivity index (χ2n) is 7.60. The van der Waals surface area contributed by atoms with Crippen molar-refractivity contribution < 1.29 is 9.18 Å². The van der Waals surface area contributed by atoms with Gasteiger partial charge in [-0.2, -0.15) is 5.10 Å². The molecule has 9 heteroatoms. The lowest BCUT2D eigenvalue weighted by molar-refractivity contribution is -0.131. The van der Waals surface area contributed by atoms with Gasteiger partial charge in [-0.15, -0.1) is 11.3 Å². The number of aromatic nitrogens is 4. The van der Waals surface area contributed by atoms with E-state index >= 15 is 0 Å². The summed E-state index contributed by atoms with van der Waals surface area (Å²) in [6.07, 6.45) is 2.62. The maximum atomic E-state index is 13.3. The molecule has 32 heavy (non-hydrogen) atoms. The lowest BCUT2D eigenvalue weighted by Crippen LogP contribution is -2.36. The van der Waals surface area contributed by atoms with Crippen LogP contribution in [0.5, 0.6) is 0 Å². The highest BCUT2D eigenvalue weighted by Crippen LogP contribution is 2.27. The SMILES string of the molecule is Nc1nc2c(s1)CCN(C(=O)Cn1nc(-c3ccc(F)cn3)cc1-c1ccccc1)CC2. The molecule has 0 spiro atoms. The fraction of sp³-hybridized carbons (Fsp3) is 0.217. The van der Waals surface area contributed by atoms with E-state index in [1.54, 1.807) is 10.7 Å². The predicted octanol–water partition coefficient (Wildman–Crippen LogP) is 3.42. The standard InChI is InChI=1S/C23H21FN6OS/c24-16-6-7-17(26-13-16)19-12-20(15-4-2-1-3-5-15)30(28-19)14-22(31)29-10-8-18-21(9-11-29)32-23(25)27-18/h1-7,12-13H,8-11,14H2,(H2,25,27). The van der Waals surface area contributed by atoms with Crippen LogP contribution in [-0.4, -0.2) is 43.6 Å². The second-order valence-corrected chi connectivity index (χ2v) is 8.72. The van der Waals surface area contributed by atoms with Crippen LogP contribution in [0.4, 0.5) is 9.52 Å². The molecule has 1 amide bonds. The van der Waals surface area contributed by atoms with Crippen molar-refractivity contribution in [3.63, 3.8) is 0 Å². The molecule has 0 bridgehead atoms. The molecule has 1 aromatic carbocycles. The van der Waals surface area contributed by atoms with Crippen LogP contribution in [0.1, 0.15) is 10.6 Å². The number of thiazole rings is 1. The first kappa shape index (κ1) is 20.3. The summed E-state index contributed by atoms with van der Waals surface area (Å²) in [5.74, 6) is -0.412. The molecule has 162 valence electrons. The summed E-state index contributed by atoms with van der Waals surface area (Å²) in [5, 5.41) is 5.23. The zero-order chi connectivity index (χ0) is 22.1. The maximum Gasteiger partial charge on any atom is 0.244 e. The third kappa shape index (κ3) is 4.11. The van der Waals surface area contributed by atoms with Crippen molar-refractivity contribution in [1.82, 2.24) is 24.6 Å². The van der Waals surface area contributed by atoms with Crippen molar-refractivity contribution in [3.8, 4) is 22.6 Å². The van der Waals surface area contributed by atoms with Gasteiger partial charge >= 0.3 is 0 Å². The highest BCUT2D eigenvalue weighted by molar-refractivity contribution is 7.15. The lowest BCUT2D eigenvalue weighted by Gasteiger charge is -2.20. The van der Waals surface area contributed by atoms with Crippen LogP contribution in [0.15, 0.2) is 54.7 Å². The summed E-state index contributed by atoms with van der Waals surface area (Å²) in [6.45, 7) is 1.33.